The van der Waals surface area contributed by atoms with Crippen LogP contribution < -0.4 is 5.32 Å². The molecule has 0 saturated heterocycles. The molecule has 0 fully saturated rings. The first-order chi connectivity index (χ1) is 9.38. The highest BCUT2D eigenvalue weighted by Crippen LogP contribution is 2.16. The summed E-state index contributed by atoms with van der Waals surface area (Å²) in [5.41, 5.74) is -0.412. The van der Waals surface area contributed by atoms with E-state index in [0.717, 1.165) is 39.0 Å². The molecule has 0 aliphatic carbocycles. The monoisotopic (exact) mass is 282 g/mol. The maximum atomic E-state index is 9.43. The minimum absolute atomic E-state index is 0.412. The quantitative estimate of drug-likeness (QED) is 0.631. The molecule has 0 amide bonds. The lowest BCUT2D eigenvalue weighted by Gasteiger charge is -2.33. The highest BCUT2D eigenvalue weighted by atomic mass is 15.2. The van der Waals surface area contributed by atoms with Crippen molar-refractivity contribution in [1.82, 2.24) is 15.1 Å². The predicted molar refractivity (Wildman–Crippen MR) is 86.8 cm³/mol. The van der Waals surface area contributed by atoms with E-state index in [4.69, 9.17) is 0 Å². The number of rotatable bonds is 11. The Hall–Kier alpha value is -0.630. The van der Waals surface area contributed by atoms with Gasteiger partial charge >= 0.3 is 0 Å². The minimum atomic E-state index is -0.412. The molecule has 0 aliphatic rings. The van der Waals surface area contributed by atoms with Crippen molar-refractivity contribution in [3.05, 3.63) is 0 Å². The molecule has 1 N–H and O–H groups in total. The van der Waals surface area contributed by atoms with Gasteiger partial charge < -0.3 is 9.80 Å². The van der Waals surface area contributed by atoms with E-state index in [9.17, 15) is 5.26 Å². The zero-order valence-electron chi connectivity index (χ0n) is 14.4. The van der Waals surface area contributed by atoms with Gasteiger partial charge in [-0.3, -0.25) is 5.32 Å². The Morgan fingerprint density at radius 2 is 1.90 bits per heavy atom. The van der Waals surface area contributed by atoms with Crippen molar-refractivity contribution in [1.29, 1.82) is 5.26 Å². The van der Waals surface area contributed by atoms with Crippen molar-refractivity contribution in [3.63, 3.8) is 0 Å². The van der Waals surface area contributed by atoms with Gasteiger partial charge in [0.15, 0.2) is 0 Å². The van der Waals surface area contributed by atoms with E-state index in [0.29, 0.717) is 6.04 Å². The van der Waals surface area contributed by atoms with Crippen LogP contribution >= 0.6 is 0 Å². The Morgan fingerprint density at radius 3 is 2.35 bits per heavy atom. The van der Waals surface area contributed by atoms with Crippen LogP contribution in [0.5, 0.6) is 0 Å². The van der Waals surface area contributed by atoms with E-state index < -0.39 is 5.54 Å². The molecule has 0 spiro atoms. The molecule has 0 aromatic carbocycles. The first-order valence-electron chi connectivity index (χ1n) is 7.93. The molecule has 0 aromatic heterocycles. The van der Waals surface area contributed by atoms with Crippen LogP contribution in [0.15, 0.2) is 0 Å². The number of hydrogen-bond donors (Lipinski definition) is 1. The fourth-order valence-corrected chi connectivity index (χ4v) is 2.56. The molecule has 0 bridgehead atoms. The van der Waals surface area contributed by atoms with Crippen LogP contribution in [0.3, 0.4) is 0 Å². The van der Waals surface area contributed by atoms with E-state index in [1.165, 1.54) is 6.42 Å². The van der Waals surface area contributed by atoms with Crippen molar-refractivity contribution in [2.24, 2.45) is 0 Å². The van der Waals surface area contributed by atoms with Gasteiger partial charge in [-0.25, -0.2) is 0 Å². The molecule has 4 nitrogen and oxygen atoms in total. The first-order valence-corrected chi connectivity index (χ1v) is 7.93. The molecule has 0 rings (SSSR count). The zero-order chi connectivity index (χ0) is 15.6. The van der Waals surface area contributed by atoms with Crippen LogP contribution in [0.2, 0.25) is 0 Å². The van der Waals surface area contributed by atoms with Gasteiger partial charge in [-0.2, -0.15) is 5.26 Å². The molecule has 118 valence electrons. The van der Waals surface area contributed by atoms with Crippen LogP contribution in [0, 0.1) is 11.3 Å². The summed E-state index contributed by atoms with van der Waals surface area (Å²) < 4.78 is 0. The third-order valence-electron chi connectivity index (χ3n) is 3.80. The first kappa shape index (κ1) is 19.4. The summed E-state index contributed by atoms with van der Waals surface area (Å²) in [6.45, 7) is 12.8. The van der Waals surface area contributed by atoms with E-state index in [-0.39, 0.29) is 0 Å². The van der Waals surface area contributed by atoms with Crippen LogP contribution in [0.4, 0.5) is 0 Å². The second-order valence-corrected chi connectivity index (χ2v) is 6.21. The Kier molecular flexibility index (Phi) is 9.83. The Morgan fingerprint density at radius 1 is 1.25 bits per heavy atom. The number of hydrogen-bond acceptors (Lipinski definition) is 4. The van der Waals surface area contributed by atoms with Crippen LogP contribution in [-0.2, 0) is 0 Å². The lowest BCUT2D eigenvalue weighted by Crippen LogP contribution is -2.47. The molecule has 0 aliphatic heterocycles. The van der Waals surface area contributed by atoms with Gasteiger partial charge in [0.2, 0.25) is 0 Å². The molecule has 2 unspecified atom stereocenters. The number of nitriles is 1. The lowest BCUT2D eigenvalue weighted by atomic mass is 9.94. The maximum absolute atomic E-state index is 9.43. The average Bonchev–Trinajstić information content (AvgIpc) is 2.41. The summed E-state index contributed by atoms with van der Waals surface area (Å²) >= 11 is 0. The summed E-state index contributed by atoms with van der Waals surface area (Å²) in [6.07, 6.45) is 3.11. The Labute approximate surface area is 126 Å². The van der Waals surface area contributed by atoms with Gasteiger partial charge in [0.05, 0.1) is 6.07 Å². The fourth-order valence-electron chi connectivity index (χ4n) is 2.56. The fraction of sp³-hybridized carbons (Fsp3) is 0.938. The molecular weight excluding hydrogens is 248 g/mol. The van der Waals surface area contributed by atoms with E-state index >= 15 is 0 Å². The molecule has 0 saturated carbocycles. The largest absolute Gasteiger partial charge is 0.309 e. The summed E-state index contributed by atoms with van der Waals surface area (Å²) in [4.78, 5) is 4.70. The average molecular weight is 282 g/mol. The third-order valence-corrected chi connectivity index (χ3v) is 3.80. The van der Waals surface area contributed by atoms with E-state index in [1.54, 1.807) is 0 Å². The Balaban J connectivity index is 4.37. The highest BCUT2D eigenvalue weighted by molar-refractivity contribution is 5.05. The molecule has 4 heteroatoms. The normalized spacial score (nSPS) is 16.1. The molecule has 0 heterocycles. The van der Waals surface area contributed by atoms with Crippen LogP contribution in [-0.4, -0.2) is 61.7 Å². The predicted octanol–water partition coefficient (Wildman–Crippen LogP) is 2.32. The molecule has 0 radical (unpaired) electrons. The second-order valence-electron chi connectivity index (χ2n) is 6.21. The van der Waals surface area contributed by atoms with Crippen molar-refractivity contribution in [2.75, 3.05) is 40.3 Å². The summed E-state index contributed by atoms with van der Waals surface area (Å²) in [5, 5.41) is 12.8. The smallest absolute Gasteiger partial charge is 0.105 e. The molecule has 0 aromatic rings. The standard InChI is InChI=1S/C16H34N4/c1-7-10-18-16(4,14-17)13-15(3)20(8-2)12-9-11-19(5)6/h15,18H,7-13H2,1-6H3. The molecule has 20 heavy (non-hydrogen) atoms. The molecular formula is C16H34N4. The summed E-state index contributed by atoms with van der Waals surface area (Å²) in [5.74, 6) is 0. The Bertz CT molecular complexity index is 285. The van der Waals surface area contributed by atoms with Gasteiger partial charge in [-0.15, -0.1) is 0 Å². The zero-order valence-corrected chi connectivity index (χ0v) is 14.4. The van der Waals surface area contributed by atoms with Gasteiger partial charge in [-0.05, 0) is 73.4 Å². The molecule has 2 atom stereocenters. The maximum Gasteiger partial charge on any atom is 0.105 e. The third kappa shape index (κ3) is 7.84. The summed E-state index contributed by atoms with van der Waals surface area (Å²) in [7, 11) is 4.22. The number of nitrogens with zero attached hydrogens (tertiary/aromatic N) is 3. The lowest BCUT2D eigenvalue weighted by molar-refractivity contribution is 0.177. The van der Waals surface area contributed by atoms with Gasteiger partial charge in [0.25, 0.3) is 0 Å². The SMILES string of the molecule is CCCNC(C)(C#N)CC(C)N(CC)CCCN(C)C. The summed E-state index contributed by atoms with van der Waals surface area (Å²) in [6, 6.07) is 2.88. The van der Waals surface area contributed by atoms with Crippen LogP contribution in [0.1, 0.15) is 47.0 Å². The van der Waals surface area contributed by atoms with Gasteiger partial charge in [0, 0.05) is 6.04 Å². The highest BCUT2D eigenvalue weighted by Gasteiger charge is 2.27. The minimum Gasteiger partial charge on any atom is -0.309 e. The second kappa shape index (κ2) is 10.1. The van der Waals surface area contributed by atoms with Crippen molar-refractivity contribution >= 4 is 0 Å². The van der Waals surface area contributed by atoms with Gasteiger partial charge in [-0.1, -0.05) is 13.8 Å². The van der Waals surface area contributed by atoms with Crippen molar-refractivity contribution in [3.8, 4) is 6.07 Å². The van der Waals surface area contributed by atoms with Gasteiger partial charge in [0.1, 0.15) is 5.54 Å². The topological polar surface area (TPSA) is 42.3 Å². The number of nitrogens with one attached hydrogen (secondary N) is 1. The van der Waals surface area contributed by atoms with Crippen molar-refractivity contribution in [2.45, 2.75) is 58.5 Å². The van der Waals surface area contributed by atoms with E-state index in [2.05, 4.69) is 56.1 Å². The van der Waals surface area contributed by atoms with E-state index in [1.807, 2.05) is 6.92 Å². The van der Waals surface area contributed by atoms with Crippen molar-refractivity contribution < 1.29 is 0 Å². The van der Waals surface area contributed by atoms with Crippen LogP contribution in [0.25, 0.3) is 0 Å².